The number of alkyl halides is 2. The molecule has 2 saturated heterocycles. The minimum Gasteiger partial charge on any atom is -0.412 e. The van der Waals surface area contributed by atoms with Crippen molar-refractivity contribution in [1.29, 1.82) is 0 Å². The average molecular weight is 665 g/mol. The van der Waals surface area contributed by atoms with Crippen LogP contribution in [0.5, 0.6) is 0 Å². The zero-order valence-electron chi connectivity index (χ0n) is 26.6. The van der Waals surface area contributed by atoms with Crippen molar-refractivity contribution in [2.45, 2.75) is 125 Å². The molecule has 4 aliphatic rings. The minimum atomic E-state index is -1.65. The summed E-state index contributed by atoms with van der Waals surface area (Å²) in [6.45, 7) is 0.501. The molecule has 4 fully saturated rings. The Balaban J connectivity index is 0.000000208. The van der Waals surface area contributed by atoms with Crippen molar-refractivity contribution in [3.63, 3.8) is 0 Å². The third-order valence-corrected chi connectivity index (χ3v) is 10.6. The van der Waals surface area contributed by atoms with Gasteiger partial charge in [0.25, 0.3) is 11.4 Å². The van der Waals surface area contributed by atoms with E-state index >= 15 is 8.78 Å². The first-order valence-electron chi connectivity index (χ1n) is 16.4. The Morgan fingerprint density at radius 3 is 1.21 bits per heavy atom. The number of halogens is 2. The molecule has 260 valence electrons. The maximum absolute atomic E-state index is 15.5. The van der Waals surface area contributed by atoms with Gasteiger partial charge in [-0.15, -0.1) is 0 Å². The highest BCUT2D eigenvalue weighted by Crippen LogP contribution is 2.50. The largest absolute Gasteiger partial charge is 0.412 e. The van der Waals surface area contributed by atoms with E-state index in [1.807, 2.05) is 0 Å². The molecule has 2 heterocycles. The van der Waals surface area contributed by atoms with Crippen LogP contribution in [-0.2, 0) is 9.47 Å². The lowest BCUT2D eigenvalue weighted by Gasteiger charge is -2.47. The zero-order valence-corrected chi connectivity index (χ0v) is 26.6. The molecule has 0 bridgehead atoms. The summed E-state index contributed by atoms with van der Waals surface area (Å²) in [7, 11) is 0. The van der Waals surface area contributed by atoms with Crippen LogP contribution in [-0.4, -0.2) is 61.3 Å². The summed E-state index contributed by atoms with van der Waals surface area (Å²) in [4.78, 5) is 20.5. The molecular weight excluding hydrogens is 618 g/mol. The molecule has 4 atom stereocenters. The lowest BCUT2D eigenvalue weighted by atomic mass is 9.69. The second-order valence-electron chi connectivity index (χ2n) is 13.4. The van der Waals surface area contributed by atoms with Gasteiger partial charge in [-0.3, -0.25) is 20.2 Å². The van der Waals surface area contributed by atoms with Gasteiger partial charge in [0.1, 0.15) is 11.3 Å². The highest BCUT2D eigenvalue weighted by Gasteiger charge is 2.55. The van der Waals surface area contributed by atoms with E-state index in [0.29, 0.717) is 25.7 Å². The number of benzene rings is 2. The van der Waals surface area contributed by atoms with Crippen molar-refractivity contribution in [2.75, 3.05) is 13.2 Å². The first kappa shape index (κ1) is 36.7. The number of nitro groups is 2. The number of ether oxygens (including phenoxy) is 2. The standard InChI is InChI=1S/2C17H22FNO4.H2O/c2*18-16(17(20)8-2-1-3-9-17)10-11-23-15(12-16)13-4-6-14(7-5-13)19(21)22;/h2*4-7,15,20H,1-3,8-12H2;1H2/t2*15-,16-;/m00./s1. The van der Waals surface area contributed by atoms with Crippen LogP contribution in [0.2, 0.25) is 0 Å². The van der Waals surface area contributed by atoms with Crippen LogP contribution in [0.1, 0.15) is 113 Å². The van der Waals surface area contributed by atoms with Gasteiger partial charge in [-0.2, -0.15) is 0 Å². The fourth-order valence-electron chi connectivity index (χ4n) is 7.70. The Morgan fingerprint density at radius 1 is 0.596 bits per heavy atom. The Bertz CT molecular complexity index is 1250. The number of hydrogen-bond donors (Lipinski definition) is 2. The summed E-state index contributed by atoms with van der Waals surface area (Å²) in [5, 5.41) is 43.1. The molecule has 2 saturated carbocycles. The fraction of sp³-hybridized carbons (Fsp3) is 0.647. The predicted molar refractivity (Wildman–Crippen MR) is 169 cm³/mol. The molecule has 2 aromatic rings. The molecule has 0 radical (unpaired) electrons. The van der Waals surface area contributed by atoms with E-state index in [2.05, 4.69) is 0 Å². The van der Waals surface area contributed by atoms with Crippen LogP contribution in [0.3, 0.4) is 0 Å². The third-order valence-electron chi connectivity index (χ3n) is 10.6. The first-order chi connectivity index (χ1) is 21.9. The van der Waals surface area contributed by atoms with Crippen molar-refractivity contribution in [3.05, 3.63) is 79.9 Å². The average Bonchev–Trinajstić information content (AvgIpc) is 3.06. The molecular formula is C34H46F2N2O9. The van der Waals surface area contributed by atoms with Crippen molar-refractivity contribution in [2.24, 2.45) is 0 Å². The Kier molecular flexibility index (Phi) is 11.7. The van der Waals surface area contributed by atoms with Gasteiger partial charge in [-0.25, -0.2) is 8.78 Å². The first-order valence-corrected chi connectivity index (χ1v) is 16.4. The molecule has 2 aromatic carbocycles. The SMILES string of the molecule is O.O=[N+]([O-])c1ccc([C@@H]2C[C@](F)(C3(O)CCCCC3)CCO2)cc1.O=[N+]([O-])c1ccc([C@@H]2C[C@](F)(C3(O)CCCCC3)CCO2)cc1. The number of aliphatic hydroxyl groups is 2. The molecule has 0 aromatic heterocycles. The van der Waals surface area contributed by atoms with Crippen LogP contribution >= 0.6 is 0 Å². The van der Waals surface area contributed by atoms with Gasteiger partial charge in [0.05, 0.1) is 46.5 Å². The minimum absolute atomic E-state index is 0. The summed E-state index contributed by atoms with van der Waals surface area (Å²) in [5.74, 6) is 0. The molecule has 6 rings (SSSR count). The topological polar surface area (TPSA) is 177 Å². The van der Waals surface area contributed by atoms with Gasteiger partial charge in [0.15, 0.2) is 0 Å². The second-order valence-corrected chi connectivity index (χ2v) is 13.4. The monoisotopic (exact) mass is 664 g/mol. The van der Waals surface area contributed by atoms with Crippen LogP contribution in [0.4, 0.5) is 20.2 Å². The summed E-state index contributed by atoms with van der Waals surface area (Å²) in [6.07, 6.45) is 7.14. The summed E-state index contributed by atoms with van der Waals surface area (Å²) < 4.78 is 42.4. The van der Waals surface area contributed by atoms with Crippen LogP contribution in [0.15, 0.2) is 48.5 Å². The Labute approximate surface area is 272 Å². The van der Waals surface area contributed by atoms with Gasteiger partial charge in [0.2, 0.25) is 0 Å². The highest BCUT2D eigenvalue weighted by molar-refractivity contribution is 5.35. The number of nitro benzene ring substituents is 2. The van der Waals surface area contributed by atoms with E-state index in [9.17, 15) is 30.4 Å². The van der Waals surface area contributed by atoms with Crippen molar-refractivity contribution < 1.29 is 43.8 Å². The summed E-state index contributed by atoms with van der Waals surface area (Å²) >= 11 is 0. The normalized spacial score (nSPS) is 30.1. The van der Waals surface area contributed by atoms with E-state index < -0.39 is 44.6 Å². The highest BCUT2D eigenvalue weighted by atomic mass is 19.1. The Hall–Kier alpha value is -3.10. The van der Waals surface area contributed by atoms with E-state index in [1.165, 1.54) is 24.3 Å². The zero-order chi connectivity index (χ0) is 33.0. The van der Waals surface area contributed by atoms with Gasteiger partial charge >= 0.3 is 0 Å². The summed E-state index contributed by atoms with van der Waals surface area (Å²) in [6, 6.07) is 12.1. The van der Waals surface area contributed by atoms with E-state index in [0.717, 1.165) is 49.7 Å². The van der Waals surface area contributed by atoms with Gasteiger partial charge in [0, 0.05) is 49.9 Å². The van der Waals surface area contributed by atoms with E-state index in [1.54, 1.807) is 24.3 Å². The third kappa shape index (κ3) is 7.97. The molecule has 0 amide bonds. The van der Waals surface area contributed by atoms with Gasteiger partial charge < -0.3 is 25.2 Å². The van der Waals surface area contributed by atoms with Crippen molar-refractivity contribution in [3.8, 4) is 0 Å². The number of nitrogens with zero attached hydrogens (tertiary/aromatic N) is 2. The molecule has 0 spiro atoms. The molecule has 13 heteroatoms. The van der Waals surface area contributed by atoms with Crippen LogP contribution in [0.25, 0.3) is 0 Å². The molecule has 2 aliphatic carbocycles. The number of non-ortho nitro benzene ring substituents is 2. The van der Waals surface area contributed by atoms with E-state index in [4.69, 9.17) is 9.47 Å². The van der Waals surface area contributed by atoms with Crippen molar-refractivity contribution >= 4 is 11.4 Å². The number of rotatable bonds is 6. The fourth-order valence-corrected chi connectivity index (χ4v) is 7.70. The van der Waals surface area contributed by atoms with E-state index in [-0.39, 0.29) is 55.7 Å². The smallest absolute Gasteiger partial charge is 0.269 e. The Morgan fingerprint density at radius 2 is 0.915 bits per heavy atom. The maximum Gasteiger partial charge on any atom is 0.269 e. The lowest BCUT2D eigenvalue weighted by Crippen LogP contribution is -2.55. The summed E-state index contributed by atoms with van der Waals surface area (Å²) in [5.41, 5.74) is -4.41. The quantitative estimate of drug-likeness (QED) is 0.248. The van der Waals surface area contributed by atoms with Gasteiger partial charge in [-0.1, -0.05) is 38.5 Å². The molecule has 0 unspecified atom stereocenters. The molecule has 11 nitrogen and oxygen atoms in total. The lowest BCUT2D eigenvalue weighted by molar-refractivity contribution is -0.385. The van der Waals surface area contributed by atoms with Crippen LogP contribution < -0.4 is 0 Å². The molecule has 2 aliphatic heterocycles. The van der Waals surface area contributed by atoms with Gasteiger partial charge in [-0.05, 0) is 61.1 Å². The van der Waals surface area contributed by atoms with Crippen molar-refractivity contribution in [1.82, 2.24) is 0 Å². The predicted octanol–water partition coefficient (Wildman–Crippen LogP) is 6.87. The number of hydrogen-bond acceptors (Lipinski definition) is 8. The van der Waals surface area contributed by atoms with Crippen LogP contribution in [0, 0.1) is 20.2 Å². The molecule has 4 N–H and O–H groups in total. The second kappa shape index (κ2) is 15.0. The maximum atomic E-state index is 15.5. The molecule has 47 heavy (non-hydrogen) atoms.